The van der Waals surface area contributed by atoms with Crippen LogP contribution < -0.4 is 0 Å². The van der Waals surface area contributed by atoms with Crippen LogP contribution in [0.4, 0.5) is 0 Å². The summed E-state index contributed by atoms with van der Waals surface area (Å²) in [4.78, 5) is 0. The third kappa shape index (κ3) is 17.9. The van der Waals surface area contributed by atoms with Crippen LogP contribution in [0, 0.1) is 0 Å². The van der Waals surface area contributed by atoms with E-state index in [1.807, 2.05) is 6.92 Å². The van der Waals surface area contributed by atoms with Crippen LogP contribution in [0.3, 0.4) is 0 Å². The molecule has 0 saturated carbocycles. The van der Waals surface area contributed by atoms with Gasteiger partial charge in [-0.1, -0.05) is 13.3 Å². The molecule has 0 spiro atoms. The topological polar surface area (TPSA) is 95.1 Å². The number of hydrogen-bond donors (Lipinski definition) is 1. The van der Waals surface area contributed by atoms with Gasteiger partial charge in [-0.15, -0.1) is 0 Å². The van der Waals surface area contributed by atoms with Crippen molar-refractivity contribution in [3.63, 3.8) is 0 Å². The number of unbranched alkanes of at least 4 members (excludes halogenated alkanes) is 1. The molecule has 0 aliphatic rings. The Hall–Kier alpha value is 0.349. The normalized spacial score (nSPS) is 9.64. The second-order valence-corrected chi connectivity index (χ2v) is 2.69. The first-order valence-electron chi connectivity index (χ1n) is 2.68. The summed E-state index contributed by atoms with van der Waals surface area (Å²) in [6.07, 6.45) is 1.48. The van der Waals surface area contributed by atoms with E-state index < -0.39 is 10.4 Å². The first-order valence-corrected chi connectivity index (χ1v) is 4.04. The Bertz CT molecular complexity index is 154. The minimum atomic E-state index is -4.20. The fraction of sp³-hybridized carbons (Fsp3) is 1.00. The fourth-order valence-electron chi connectivity index (χ4n) is 0.309. The minimum absolute atomic E-state index is 0. The van der Waals surface area contributed by atoms with Gasteiger partial charge in [0.2, 0.25) is 0 Å². The zero-order valence-corrected chi connectivity index (χ0v) is 8.08. The summed E-state index contributed by atoms with van der Waals surface area (Å²) >= 11 is 0. The molecule has 7 heteroatoms. The van der Waals surface area contributed by atoms with Gasteiger partial charge in [0.1, 0.15) is 0 Å². The van der Waals surface area contributed by atoms with Crippen LogP contribution in [0.25, 0.3) is 0 Å². The van der Waals surface area contributed by atoms with Crippen molar-refractivity contribution in [3.8, 4) is 0 Å². The van der Waals surface area contributed by atoms with Crippen LogP contribution in [-0.2, 0) is 31.7 Å². The summed E-state index contributed by atoms with van der Waals surface area (Å²) in [5.41, 5.74) is 0. The van der Waals surface area contributed by atoms with Gasteiger partial charge in [-0.05, 0) is 6.42 Å². The van der Waals surface area contributed by atoms with Gasteiger partial charge in [-0.25, -0.2) is 4.18 Å². The largest absolute Gasteiger partial charge is 0.412 e. The maximum Gasteiger partial charge on any atom is 0.397 e. The van der Waals surface area contributed by atoms with E-state index >= 15 is 0 Å². The molecule has 0 aromatic rings. The van der Waals surface area contributed by atoms with Crippen LogP contribution >= 0.6 is 0 Å². The van der Waals surface area contributed by atoms with Gasteiger partial charge in [-0.2, -0.15) is 8.42 Å². The molecule has 0 amide bonds. The average molecular weight is 227 g/mol. The molecule has 0 aromatic heterocycles. The third-order valence-electron chi connectivity index (χ3n) is 0.730. The molecule has 0 aromatic carbocycles. The Morgan fingerprint density at radius 1 is 1.45 bits per heavy atom. The van der Waals surface area contributed by atoms with E-state index in [9.17, 15) is 8.42 Å². The van der Waals surface area contributed by atoms with Crippen LogP contribution in [0.15, 0.2) is 0 Å². The van der Waals surface area contributed by atoms with Gasteiger partial charge < -0.3 is 5.48 Å². The van der Waals surface area contributed by atoms with Gasteiger partial charge in [0, 0.05) is 17.1 Å². The summed E-state index contributed by atoms with van der Waals surface area (Å²) in [6, 6.07) is 0. The Balaban J connectivity index is -0.000000320. The van der Waals surface area contributed by atoms with Crippen molar-refractivity contribution in [3.05, 3.63) is 0 Å². The van der Waals surface area contributed by atoms with E-state index in [2.05, 4.69) is 4.18 Å². The first kappa shape index (κ1) is 17.4. The van der Waals surface area contributed by atoms with E-state index in [-0.39, 0.29) is 29.2 Å². The smallest absolute Gasteiger partial charge is 0.397 e. The molecule has 3 N–H and O–H groups in total. The van der Waals surface area contributed by atoms with E-state index in [0.717, 1.165) is 6.42 Å². The summed E-state index contributed by atoms with van der Waals surface area (Å²) in [5, 5.41) is 0. The quantitative estimate of drug-likeness (QED) is 0.408. The Morgan fingerprint density at radius 2 is 1.91 bits per heavy atom. The maximum absolute atomic E-state index is 9.84. The second-order valence-electron chi connectivity index (χ2n) is 1.60. The minimum Gasteiger partial charge on any atom is -0.412 e. The predicted octanol–water partition coefficient (Wildman–Crippen LogP) is -0.221. The zero-order chi connectivity index (χ0) is 7.33. The third-order valence-corrected chi connectivity index (χ3v) is 1.19. The number of rotatable bonds is 4. The molecule has 5 nitrogen and oxygen atoms in total. The van der Waals surface area contributed by atoms with Crippen molar-refractivity contribution >= 4 is 10.4 Å². The van der Waals surface area contributed by atoms with Crippen molar-refractivity contribution < 1.29 is 39.7 Å². The van der Waals surface area contributed by atoms with Crippen LogP contribution in [-0.4, -0.2) is 25.1 Å². The van der Waals surface area contributed by atoms with Gasteiger partial charge in [0.15, 0.2) is 0 Å². The molecule has 0 saturated heterocycles. The van der Waals surface area contributed by atoms with Gasteiger partial charge >= 0.3 is 10.4 Å². The molecule has 11 heavy (non-hydrogen) atoms. The molecule has 0 atom stereocenters. The molecule has 71 valence electrons. The molecule has 0 aliphatic carbocycles. The Labute approximate surface area is 76.9 Å². The first-order chi connectivity index (χ1) is 4.06. The van der Waals surface area contributed by atoms with Gasteiger partial charge in [0.25, 0.3) is 0 Å². The SMILES string of the molecule is CCCCOS(=O)(=O)O.O.[Mn]. The second kappa shape index (κ2) is 8.45. The van der Waals surface area contributed by atoms with Crippen molar-refractivity contribution in [2.24, 2.45) is 0 Å². The summed E-state index contributed by atoms with van der Waals surface area (Å²) in [6.45, 7) is 1.96. The van der Waals surface area contributed by atoms with Gasteiger partial charge in [0.05, 0.1) is 6.61 Å². The van der Waals surface area contributed by atoms with Crippen LogP contribution in [0.5, 0.6) is 0 Å². The van der Waals surface area contributed by atoms with E-state index in [0.29, 0.717) is 6.42 Å². The standard InChI is InChI=1S/C4H10O4S.Mn.H2O/c1-2-3-4-8-9(5,6)7;;/h2-4H2,1H3,(H,5,6,7);;1H2. The summed E-state index contributed by atoms with van der Waals surface area (Å²) in [5.74, 6) is 0. The predicted molar refractivity (Wildman–Crippen MR) is 36.0 cm³/mol. The van der Waals surface area contributed by atoms with E-state index in [4.69, 9.17) is 4.55 Å². The van der Waals surface area contributed by atoms with E-state index in [1.54, 1.807) is 0 Å². The van der Waals surface area contributed by atoms with Crippen molar-refractivity contribution in [2.75, 3.05) is 6.61 Å². The molecular weight excluding hydrogens is 215 g/mol. The zero-order valence-electron chi connectivity index (χ0n) is 6.08. The van der Waals surface area contributed by atoms with Gasteiger partial charge in [-0.3, -0.25) is 4.55 Å². The van der Waals surface area contributed by atoms with Crippen molar-refractivity contribution in [2.45, 2.75) is 19.8 Å². The summed E-state index contributed by atoms with van der Waals surface area (Å²) < 4.78 is 31.7. The van der Waals surface area contributed by atoms with Crippen LogP contribution in [0.2, 0.25) is 0 Å². The Kier molecular flexibility index (Phi) is 13.4. The van der Waals surface area contributed by atoms with E-state index in [1.165, 1.54) is 0 Å². The monoisotopic (exact) mass is 227 g/mol. The molecule has 0 aliphatic heterocycles. The molecule has 0 heterocycles. The molecule has 1 radical (unpaired) electrons. The Morgan fingerprint density at radius 3 is 2.18 bits per heavy atom. The molecule has 0 fully saturated rings. The molecule has 0 rings (SSSR count). The molecule has 0 unspecified atom stereocenters. The fourth-order valence-corrected chi connectivity index (χ4v) is 0.637. The van der Waals surface area contributed by atoms with Crippen LogP contribution in [0.1, 0.15) is 19.8 Å². The molecular formula is C4H12MnO5S. The maximum atomic E-state index is 9.84. The average Bonchev–Trinajstić information content (AvgIpc) is 1.63. The van der Waals surface area contributed by atoms with Crippen molar-refractivity contribution in [1.82, 2.24) is 0 Å². The molecule has 0 bridgehead atoms. The van der Waals surface area contributed by atoms with Crippen molar-refractivity contribution in [1.29, 1.82) is 0 Å². The summed E-state index contributed by atoms with van der Waals surface area (Å²) in [7, 11) is -4.20. The number of hydrogen-bond acceptors (Lipinski definition) is 3.